The topological polar surface area (TPSA) is 54.9 Å². The van der Waals surface area contributed by atoms with E-state index in [1.165, 1.54) is 6.07 Å². The van der Waals surface area contributed by atoms with Gasteiger partial charge in [0.05, 0.1) is 5.56 Å². The first kappa shape index (κ1) is 18.5. The number of piperazine rings is 1. The Kier molecular flexibility index (Phi) is 4.84. The molecule has 3 heterocycles. The zero-order chi connectivity index (χ0) is 19.7. The van der Waals surface area contributed by atoms with Crippen molar-refractivity contribution in [3.8, 4) is 11.5 Å². The van der Waals surface area contributed by atoms with Crippen LogP contribution in [0, 0.1) is 0 Å². The van der Waals surface area contributed by atoms with Crippen molar-refractivity contribution >= 4 is 5.91 Å². The Balaban J connectivity index is 1.33. The largest absolute Gasteiger partial charge is 0.454 e. The van der Waals surface area contributed by atoms with Gasteiger partial charge in [-0.05, 0) is 29.8 Å². The Labute approximate surface area is 159 Å². The Morgan fingerprint density at radius 3 is 2.46 bits per heavy atom. The SMILES string of the molecule is O=C(c1ccc(C(F)(F)F)nc1)N1CCN(Cc2ccc3c(c2)OCO3)CC1. The van der Waals surface area contributed by atoms with Crippen molar-refractivity contribution < 1.29 is 27.4 Å². The number of halogens is 3. The van der Waals surface area contributed by atoms with E-state index in [2.05, 4.69) is 9.88 Å². The molecule has 0 bridgehead atoms. The number of hydrogen-bond acceptors (Lipinski definition) is 5. The van der Waals surface area contributed by atoms with Gasteiger partial charge in [-0.1, -0.05) is 6.07 Å². The van der Waals surface area contributed by atoms with Gasteiger partial charge >= 0.3 is 6.18 Å². The van der Waals surface area contributed by atoms with Gasteiger partial charge in [0.1, 0.15) is 5.69 Å². The standard InChI is InChI=1S/C19H18F3N3O3/c20-19(21,22)17-4-2-14(10-23-17)18(26)25-7-5-24(6-8-25)11-13-1-3-15-16(9-13)28-12-27-15/h1-4,9-10H,5-8,11-12H2. The summed E-state index contributed by atoms with van der Waals surface area (Å²) >= 11 is 0. The summed E-state index contributed by atoms with van der Waals surface area (Å²) in [5.41, 5.74) is 0.255. The third kappa shape index (κ3) is 3.89. The van der Waals surface area contributed by atoms with E-state index in [0.29, 0.717) is 26.2 Å². The van der Waals surface area contributed by atoms with E-state index >= 15 is 0 Å². The number of aromatic nitrogens is 1. The highest BCUT2D eigenvalue weighted by atomic mass is 19.4. The summed E-state index contributed by atoms with van der Waals surface area (Å²) in [5.74, 6) is 1.18. The van der Waals surface area contributed by atoms with Crippen LogP contribution in [0.3, 0.4) is 0 Å². The fourth-order valence-electron chi connectivity index (χ4n) is 3.28. The second-order valence-electron chi connectivity index (χ2n) is 6.69. The van der Waals surface area contributed by atoms with Crippen LogP contribution in [-0.4, -0.2) is 53.7 Å². The van der Waals surface area contributed by atoms with Crippen LogP contribution in [0.4, 0.5) is 13.2 Å². The maximum absolute atomic E-state index is 12.6. The second-order valence-corrected chi connectivity index (χ2v) is 6.69. The van der Waals surface area contributed by atoms with Crippen molar-refractivity contribution in [2.45, 2.75) is 12.7 Å². The predicted molar refractivity (Wildman–Crippen MR) is 93.0 cm³/mol. The normalized spacial score (nSPS) is 17.0. The molecule has 148 valence electrons. The van der Waals surface area contributed by atoms with Crippen molar-refractivity contribution in [3.05, 3.63) is 53.3 Å². The summed E-state index contributed by atoms with van der Waals surface area (Å²) in [5, 5.41) is 0. The summed E-state index contributed by atoms with van der Waals surface area (Å²) in [7, 11) is 0. The molecule has 9 heteroatoms. The summed E-state index contributed by atoms with van der Waals surface area (Å²) < 4.78 is 48.5. The molecule has 0 spiro atoms. The molecule has 1 saturated heterocycles. The molecule has 1 fully saturated rings. The number of benzene rings is 1. The van der Waals surface area contributed by atoms with Gasteiger partial charge in [-0.25, -0.2) is 0 Å². The van der Waals surface area contributed by atoms with E-state index in [1.807, 2.05) is 18.2 Å². The first-order valence-electron chi connectivity index (χ1n) is 8.83. The number of amides is 1. The van der Waals surface area contributed by atoms with E-state index in [-0.39, 0.29) is 18.3 Å². The Bertz CT molecular complexity index is 863. The number of ether oxygens (including phenoxy) is 2. The van der Waals surface area contributed by atoms with Crippen LogP contribution < -0.4 is 9.47 Å². The molecular weight excluding hydrogens is 375 g/mol. The van der Waals surface area contributed by atoms with Crippen molar-refractivity contribution in [2.24, 2.45) is 0 Å². The molecule has 2 aliphatic rings. The molecule has 0 N–H and O–H groups in total. The molecule has 1 amide bonds. The van der Waals surface area contributed by atoms with Gasteiger partial charge in [-0.3, -0.25) is 14.7 Å². The Morgan fingerprint density at radius 1 is 1.04 bits per heavy atom. The number of hydrogen-bond donors (Lipinski definition) is 0. The number of rotatable bonds is 3. The lowest BCUT2D eigenvalue weighted by Crippen LogP contribution is -2.48. The molecule has 0 atom stereocenters. The van der Waals surface area contributed by atoms with Gasteiger partial charge in [0, 0.05) is 38.9 Å². The van der Waals surface area contributed by atoms with E-state index in [9.17, 15) is 18.0 Å². The minimum absolute atomic E-state index is 0.164. The number of fused-ring (bicyclic) bond motifs is 1. The Morgan fingerprint density at radius 2 is 1.79 bits per heavy atom. The number of carbonyl (C=O) groups excluding carboxylic acids is 1. The average Bonchev–Trinajstić information content (AvgIpc) is 3.15. The molecule has 1 aromatic heterocycles. The molecule has 1 aromatic carbocycles. The third-order valence-corrected chi connectivity index (χ3v) is 4.80. The minimum atomic E-state index is -4.51. The van der Waals surface area contributed by atoms with Gasteiger partial charge in [-0.15, -0.1) is 0 Å². The summed E-state index contributed by atoms with van der Waals surface area (Å²) in [6.07, 6.45) is -3.52. The third-order valence-electron chi connectivity index (χ3n) is 4.80. The van der Waals surface area contributed by atoms with Crippen molar-refractivity contribution in [1.82, 2.24) is 14.8 Å². The first-order valence-corrected chi connectivity index (χ1v) is 8.83. The lowest BCUT2D eigenvalue weighted by Gasteiger charge is -2.34. The number of nitrogens with zero attached hydrogens (tertiary/aromatic N) is 3. The maximum atomic E-state index is 12.6. The minimum Gasteiger partial charge on any atom is -0.454 e. The molecule has 28 heavy (non-hydrogen) atoms. The van der Waals surface area contributed by atoms with Gasteiger partial charge in [0.25, 0.3) is 5.91 Å². The highest BCUT2D eigenvalue weighted by Gasteiger charge is 2.32. The lowest BCUT2D eigenvalue weighted by atomic mass is 10.1. The van der Waals surface area contributed by atoms with Crippen LogP contribution in [0.25, 0.3) is 0 Å². The van der Waals surface area contributed by atoms with Crippen LogP contribution in [0.15, 0.2) is 36.5 Å². The fraction of sp³-hybridized carbons (Fsp3) is 0.368. The predicted octanol–water partition coefficient (Wildman–Crippen LogP) is 2.79. The van der Waals surface area contributed by atoms with Gasteiger partial charge < -0.3 is 14.4 Å². The van der Waals surface area contributed by atoms with Gasteiger partial charge in [0.2, 0.25) is 6.79 Å². The quantitative estimate of drug-likeness (QED) is 0.803. The van der Waals surface area contributed by atoms with E-state index in [4.69, 9.17) is 9.47 Å². The van der Waals surface area contributed by atoms with Crippen LogP contribution in [0.5, 0.6) is 11.5 Å². The Hall–Kier alpha value is -2.81. The molecule has 2 aliphatic heterocycles. The van der Waals surface area contributed by atoms with E-state index in [0.717, 1.165) is 35.9 Å². The number of alkyl halides is 3. The molecule has 0 aliphatic carbocycles. The van der Waals surface area contributed by atoms with Gasteiger partial charge in [0.15, 0.2) is 11.5 Å². The summed E-state index contributed by atoms with van der Waals surface area (Å²) in [4.78, 5) is 19.7. The van der Waals surface area contributed by atoms with E-state index in [1.54, 1.807) is 4.90 Å². The summed E-state index contributed by atoms with van der Waals surface area (Å²) in [6, 6.07) is 7.84. The molecule has 2 aromatic rings. The van der Waals surface area contributed by atoms with Crippen molar-refractivity contribution in [1.29, 1.82) is 0 Å². The maximum Gasteiger partial charge on any atom is 0.433 e. The molecule has 6 nitrogen and oxygen atoms in total. The molecule has 0 saturated carbocycles. The molecule has 4 rings (SSSR count). The molecule has 0 unspecified atom stereocenters. The van der Waals surface area contributed by atoms with Crippen LogP contribution in [-0.2, 0) is 12.7 Å². The monoisotopic (exact) mass is 393 g/mol. The first-order chi connectivity index (χ1) is 13.4. The lowest BCUT2D eigenvalue weighted by molar-refractivity contribution is -0.141. The summed E-state index contributed by atoms with van der Waals surface area (Å²) in [6.45, 7) is 3.32. The number of pyridine rings is 1. The van der Waals surface area contributed by atoms with Crippen LogP contribution in [0.2, 0.25) is 0 Å². The zero-order valence-corrected chi connectivity index (χ0v) is 14.9. The average molecular weight is 393 g/mol. The molecule has 0 radical (unpaired) electrons. The highest BCUT2D eigenvalue weighted by Crippen LogP contribution is 2.33. The second kappa shape index (κ2) is 7.31. The van der Waals surface area contributed by atoms with Crippen molar-refractivity contribution in [3.63, 3.8) is 0 Å². The van der Waals surface area contributed by atoms with E-state index < -0.39 is 11.9 Å². The number of carbonyl (C=O) groups is 1. The molecular formula is C19H18F3N3O3. The highest BCUT2D eigenvalue weighted by molar-refractivity contribution is 5.94. The smallest absolute Gasteiger partial charge is 0.433 e. The van der Waals surface area contributed by atoms with Crippen molar-refractivity contribution in [2.75, 3.05) is 33.0 Å². The zero-order valence-electron chi connectivity index (χ0n) is 14.9. The van der Waals surface area contributed by atoms with Gasteiger partial charge in [-0.2, -0.15) is 13.2 Å². The van der Waals surface area contributed by atoms with Crippen LogP contribution >= 0.6 is 0 Å². The fourth-order valence-corrected chi connectivity index (χ4v) is 3.28. The van der Waals surface area contributed by atoms with Crippen LogP contribution in [0.1, 0.15) is 21.6 Å².